The Morgan fingerprint density at radius 3 is 2.75 bits per heavy atom. The summed E-state index contributed by atoms with van der Waals surface area (Å²) < 4.78 is 1.95. The zero-order valence-corrected chi connectivity index (χ0v) is 13.7. The first-order valence-electron chi connectivity index (χ1n) is 8.11. The summed E-state index contributed by atoms with van der Waals surface area (Å²) in [5.41, 5.74) is 2.56. The fraction of sp³-hybridized carbons (Fsp3) is 0.812. The highest BCUT2D eigenvalue weighted by Crippen LogP contribution is 2.30. The van der Waals surface area contributed by atoms with E-state index in [0.717, 1.165) is 19.5 Å². The van der Waals surface area contributed by atoms with Gasteiger partial charge in [0.1, 0.15) is 0 Å². The van der Waals surface area contributed by atoms with Gasteiger partial charge < -0.3 is 10.2 Å². The summed E-state index contributed by atoms with van der Waals surface area (Å²) in [6, 6.07) is 1.22. The summed E-state index contributed by atoms with van der Waals surface area (Å²) >= 11 is 0. The van der Waals surface area contributed by atoms with Crippen LogP contribution in [0, 0.1) is 5.92 Å². The van der Waals surface area contributed by atoms with E-state index in [2.05, 4.69) is 49.2 Å². The van der Waals surface area contributed by atoms with Crippen LogP contribution in [0.3, 0.4) is 0 Å². The lowest BCUT2D eigenvalue weighted by molar-refractivity contribution is 0.271. The summed E-state index contributed by atoms with van der Waals surface area (Å²) in [4.78, 5) is 2.56. The molecular formula is C16H30N4. The van der Waals surface area contributed by atoms with Crippen LogP contribution in [0.25, 0.3) is 0 Å². The number of piperidine rings is 1. The smallest absolute Gasteiger partial charge is 0.0855 e. The van der Waals surface area contributed by atoms with Gasteiger partial charge in [-0.1, -0.05) is 20.8 Å². The van der Waals surface area contributed by atoms with Gasteiger partial charge in [0.25, 0.3) is 0 Å². The van der Waals surface area contributed by atoms with Crippen molar-refractivity contribution in [1.29, 1.82) is 0 Å². The average Bonchev–Trinajstić information content (AvgIpc) is 2.81. The molecule has 1 saturated heterocycles. The molecule has 4 nitrogen and oxygen atoms in total. The van der Waals surface area contributed by atoms with E-state index in [9.17, 15) is 0 Å². The Balaban J connectivity index is 2.11. The Bertz CT molecular complexity index is 426. The Morgan fingerprint density at radius 1 is 1.35 bits per heavy atom. The second kappa shape index (κ2) is 6.61. The Labute approximate surface area is 123 Å². The number of hydrogen-bond donors (Lipinski definition) is 1. The van der Waals surface area contributed by atoms with Gasteiger partial charge >= 0.3 is 0 Å². The first-order valence-corrected chi connectivity index (χ1v) is 8.11. The lowest BCUT2D eigenvalue weighted by Crippen LogP contribution is -2.53. The molecule has 1 fully saturated rings. The van der Waals surface area contributed by atoms with Crippen LogP contribution in [-0.4, -0.2) is 35.0 Å². The quantitative estimate of drug-likeness (QED) is 0.898. The molecule has 1 N–H and O–H groups in total. The molecule has 1 aliphatic rings. The van der Waals surface area contributed by atoms with Gasteiger partial charge in [-0.25, -0.2) is 0 Å². The summed E-state index contributed by atoms with van der Waals surface area (Å²) in [7, 11) is 2.02. The third kappa shape index (κ3) is 3.00. The van der Waals surface area contributed by atoms with Crippen LogP contribution in [0.15, 0.2) is 6.20 Å². The van der Waals surface area contributed by atoms with E-state index < -0.39 is 0 Å². The van der Waals surface area contributed by atoms with E-state index in [0.29, 0.717) is 18.0 Å². The van der Waals surface area contributed by atoms with Crippen molar-refractivity contribution in [2.75, 3.05) is 18.0 Å². The van der Waals surface area contributed by atoms with Gasteiger partial charge in [-0.3, -0.25) is 4.68 Å². The minimum atomic E-state index is 0.563. The third-order valence-electron chi connectivity index (χ3n) is 4.75. The number of hydrogen-bond acceptors (Lipinski definition) is 3. The fourth-order valence-corrected chi connectivity index (χ4v) is 3.34. The molecule has 1 aromatic rings. The van der Waals surface area contributed by atoms with E-state index in [4.69, 9.17) is 0 Å². The highest BCUT2D eigenvalue weighted by Gasteiger charge is 2.33. The van der Waals surface area contributed by atoms with Crippen molar-refractivity contribution in [2.45, 2.75) is 59.0 Å². The van der Waals surface area contributed by atoms with Gasteiger partial charge in [-0.05, 0) is 38.6 Å². The van der Waals surface area contributed by atoms with Gasteiger partial charge in [0, 0.05) is 31.9 Å². The topological polar surface area (TPSA) is 33.1 Å². The monoisotopic (exact) mass is 278 g/mol. The number of nitrogens with zero attached hydrogens (tertiary/aromatic N) is 3. The summed E-state index contributed by atoms with van der Waals surface area (Å²) in [5.74, 6) is 0.667. The predicted molar refractivity (Wildman–Crippen MR) is 85.3 cm³/mol. The van der Waals surface area contributed by atoms with E-state index in [-0.39, 0.29) is 0 Å². The molecule has 3 unspecified atom stereocenters. The molecule has 0 aliphatic carbocycles. The molecule has 0 radical (unpaired) electrons. The van der Waals surface area contributed by atoms with E-state index in [1.54, 1.807) is 0 Å². The largest absolute Gasteiger partial charge is 0.366 e. The van der Waals surface area contributed by atoms with Crippen molar-refractivity contribution < 1.29 is 0 Å². The molecule has 2 rings (SSSR count). The normalized spacial score (nSPS) is 27.1. The van der Waals surface area contributed by atoms with Crippen LogP contribution < -0.4 is 10.2 Å². The molecule has 4 heteroatoms. The molecule has 2 heterocycles. The SMILES string of the molecule is CCCNC1CCN(c2cn(C)nc2CC)C(C)C1C. The number of aryl methyl sites for hydroxylation is 2. The van der Waals surface area contributed by atoms with Gasteiger partial charge in [-0.15, -0.1) is 0 Å². The lowest BCUT2D eigenvalue weighted by Gasteiger charge is -2.44. The number of nitrogens with one attached hydrogen (secondary N) is 1. The van der Waals surface area contributed by atoms with Crippen molar-refractivity contribution >= 4 is 5.69 Å². The number of rotatable bonds is 5. The maximum absolute atomic E-state index is 4.59. The van der Waals surface area contributed by atoms with Gasteiger partial charge in [-0.2, -0.15) is 5.10 Å². The van der Waals surface area contributed by atoms with Crippen LogP contribution in [0.1, 0.15) is 46.2 Å². The molecule has 0 aromatic carbocycles. The predicted octanol–water partition coefficient (Wildman–Crippen LogP) is 2.59. The molecule has 0 saturated carbocycles. The van der Waals surface area contributed by atoms with E-state index >= 15 is 0 Å². The highest BCUT2D eigenvalue weighted by atomic mass is 15.3. The van der Waals surface area contributed by atoms with Crippen LogP contribution in [0.2, 0.25) is 0 Å². The van der Waals surface area contributed by atoms with Gasteiger partial charge in [0.15, 0.2) is 0 Å². The Hall–Kier alpha value is -1.03. The molecular weight excluding hydrogens is 248 g/mol. The molecule has 20 heavy (non-hydrogen) atoms. The number of aromatic nitrogens is 2. The Kier molecular flexibility index (Phi) is 5.08. The van der Waals surface area contributed by atoms with Crippen molar-refractivity contribution in [1.82, 2.24) is 15.1 Å². The van der Waals surface area contributed by atoms with Gasteiger partial charge in [0.05, 0.1) is 11.4 Å². The van der Waals surface area contributed by atoms with Crippen LogP contribution in [0.4, 0.5) is 5.69 Å². The van der Waals surface area contributed by atoms with Crippen LogP contribution in [-0.2, 0) is 13.5 Å². The summed E-state index contributed by atoms with van der Waals surface area (Å²) in [5, 5.41) is 8.30. The zero-order chi connectivity index (χ0) is 14.7. The fourth-order valence-electron chi connectivity index (χ4n) is 3.34. The molecule has 1 aliphatic heterocycles. The number of anilines is 1. The third-order valence-corrected chi connectivity index (χ3v) is 4.75. The van der Waals surface area contributed by atoms with Crippen molar-refractivity contribution in [3.8, 4) is 0 Å². The van der Waals surface area contributed by atoms with Crippen molar-refractivity contribution in [3.63, 3.8) is 0 Å². The summed E-state index contributed by atoms with van der Waals surface area (Å²) in [6.07, 6.45) is 5.63. The molecule has 3 atom stereocenters. The van der Waals surface area contributed by atoms with Gasteiger partial charge in [0.2, 0.25) is 0 Å². The van der Waals surface area contributed by atoms with Crippen LogP contribution in [0.5, 0.6) is 0 Å². The molecule has 1 aromatic heterocycles. The standard InChI is InChI=1S/C16H30N4/c1-6-9-17-15-8-10-20(13(4)12(15)3)16-11-19(5)18-14(16)7-2/h11-13,15,17H,6-10H2,1-5H3. The van der Waals surface area contributed by atoms with E-state index in [1.165, 1.54) is 24.2 Å². The minimum absolute atomic E-state index is 0.563. The maximum Gasteiger partial charge on any atom is 0.0855 e. The van der Waals surface area contributed by atoms with E-state index in [1.807, 2.05) is 11.7 Å². The Morgan fingerprint density at radius 2 is 2.10 bits per heavy atom. The molecule has 0 spiro atoms. The lowest BCUT2D eigenvalue weighted by atomic mass is 9.86. The first-order chi connectivity index (χ1) is 9.58. The second-order valence-electron chi connectivity index (χ2n) is 6.13. The molecule has 0 bridgehead atoms. The summed E-state index contributed by atoms with van der Waals surface area (Å²) in [6.45, 7) is 11.4. The average molecular weight is 278 g/mol. The second-order valence-corrected chi connectivity index (χ2v) is 6.13. The van der Waals surface area contributed by atoms with Crippen LogP contribution >= 0.6 is 0 Å². The molecule has 0 amide bonds. The van der Waals surface area contributed by atoms with Crippen molar-refractivity contribution in [3.05, 3.63) is 11.9 Å². The van der Waals surface area contributed by atoms with Crippen molar-refractivity contribution in [2.24, 2.45) is 13.0 Å². The highest BCUT2D eigenvalue weighted by molar-refractivity contribution is 5.51. The minimum Gasteiger partial charge on any atom is -0.366 e. The maximum atomic E-state index is 4.59. The molecule has 114 valence electrons. The first kappa shape index (κ1) is 15.4. The zero-order valence-electron chi connectivity index (χ0n) is 13.7.